The van der Waals surface area contributed by atoms with Crippen LogP contribution in [0, 0.1) is 0 Å². The highest BCUT2D eigenvalue weighted by Gasteiger charge is 2.34. The van der Waals surface area contributed by atoms with Gasteiger partial charge >= 0.3 is 0 Å². The Morgan fingerprint density at radius 3 is 2.61 bits per heavy atom. The minimum atomic E-state index is -0.388. The van der Waals surface area contributed by atoms with Crippen molar-refractivity contribution in [2.24, 2.45) is 4.99 Å². The van der Waals surface area contributed by atoms with Crippen molar-refractivity contribution in [3.63, 3.8) is 0 Å². The average Bonchev–Trinajstić information content (AvgIpc) is 3.22. The van der Waals surface area contributed by atoms with Gasteiger partial charge in [0.1, 0.15) is 5.75 Å². The molecule has 0 bridgehead atoms. The molecule has 6 nitrogen and oxygen atoms in total. The number of hydrogen-bond acceptors (Lipinski definition) is 6. The van der Waals surface area contributed by atoms with Crippen molar-refractivity contribution in [1.29, 1.82) is 0 Å². The maximum Gasteiger partial charge on any atom is 0.271 e. The van der Waals surface area contributed by atoms with E-state index < -0.39 is 0 Å². The molecule has 3 aromatic carbocycles. The number of allylic oxidation sites excluding steroid dienone is 1. The molecule has 4 aromatic rings. The van der Waals surface area contributed by atoms with E-state index in [-0.39, 0.29) is 17.4 Å². The van der Waals surface area contributed by atoms with Crippen LogP contribution in [0.1, 0.15) is 34.7 Å². The number of aromatic nitrogens is 1. The van der Waals surface area contributed by atoms with Gasteiger partial charge in [0.05, 0.1) is 30.5 Å². The monoisotopic (exact) mass is 496 g/mol. The fraction of sp³-hybridized carbons (Fsp3) is 0.172. The maximum absolute atomic E-state index is 13.9. The van der Waals surface area contributed by atoms with E-state index in [4.69, 9.17) is 14.5 Å². The Morgan fingerprint density at radius 2 is 1.81 bits per heavy atom. The fourth-order valence-corrected chi connectivity index (χ4v) is 6.17. The first-order valence-electron chi connectivity index (χ1n) is 11.7. The molecule has 180 valence electrons. The second-order valence-electron chi connectivity index (χ2n) is 8.76. The molecule has 1 aliphatic carbocycles. The highest BCUT2D eigenvalue weighted by molar-refractivity contribution is 7.07. The molecule has 7 heteroatoms. The fourth-order valence-electron chi connectivity index (χ4n) is 5.18. The van der Waals surface area contributed by atoms with E-state index in [1.165, 1.54) is 16.9 Å². The summed E-state index contributed by atoms with van der Waals surface area (Å²) in [5.41, 5.74) is 5.65. The maximum atomic E-state index is 13.9. The van der Waals surface area contributed by atoms with Crippen LogP contribution in [-0.4, -0.2) is 23.9 Å². The number of aryl methyl sites for hydroxylation is 1. The largest absolute Gasteiger partial charge is 0.507 e. The summed E-state index contributed by atoms with van der Waals surface area (Å²) in [4.78, 5) is 19.5. The van der Waals surface area contributed by atoms with Crippen LogP contribution in [0.5, 0.6) is 17.2 Å². The molecule has 2 heterocycles. The highest BCUT2D eigenvalue weighted by atomic mass is 32.1. The Morgan fingerprint density at radius 1 is 1.00 bits per heavy atom. The van der Waals surface area contributed by atoms with E-state index in [1.807, 2.05) is 30.3 Å². The van der Waals surface area contributed by atoms with Gasteiger partial charge in [-0.25, -0.2) is 4.99 Å². The molecule has 2 aliphatic rings. The minimum Gasteiger partial charge on any atom is -0.507 e. The lowest BCUT2D eigenvalue weighted by atomic mass is 9.83. The SMILES string of the molecule is COc1cccc([C@@H]2C3=C(N=c4s/c(=C\c5ccccc5O)c(=O)n42)c2ccccc2CC3)c1OC. The lowest BCUT2D eigenvalue weighted by molar-refractivity contribution is 0.348. The van der Waals surface area contributed by atoms with Crippen molar-refractivity contribution < 1.29 is 14.6 Å². The Hall–Kier alpha value is -4.10. The van der Waals surface area contributed by atoms with Gasteiger partial charge in [-0.2, -0.15) is 0 Å². The summed E-state index contributed by atoms with van der Waals surface area (Å²) >= 11 is 1.33. The summed E-state index contributed by atoms with van der Waals surface area (Å²) in [6.45, 7) is 0. The number of fused-ring (bicyclic) bond motifs is 3. The molecule has 36 heavy (non-hydrogen) atoms. The van der Waals surface area contributed by atoms with Crippen molar-refractivity contribution in [3.8, 4) is 17.2 Å². The van der Waals surface area contributed by atoms with Crippen LogP contribution in [0.25, 0.3) is 11.8 Å². The summed E-state index contributed by atoms with van der Waals surface area (Å²) in [6.07, 6.45) is 3.38. The van der Waals surface area contributed by atoms with Gasteiger partial charge in [-0.05, 0) is 42.2 Å². The molecule has 0 unspecified atom stereocenters. The third-order valence-electron chi connectivity index (χ3n) is 6.82. The van der Waals surface area contributed by atoms with Gasteiger partial charge in [-0.1, -0.05) is 65.9 Å². The number of nitrogens with zero attached hydrogens (tertiary/aromatic N) is 2. The van der Waals surface area contributed by atoms with Crippen LogP contribution in [0.3, 0.4) is 0 Å². The first-order valence-corrected chi connectivity index (χ1v) is 12.5. The summed E-state index contributed by atoms with van der Waals surface area (Å²) in [6, 6.07) is 20.7. The van der Waals surface area contributed by atoms with E-state index in [1.54, 1.807) is 43.1 Å². The van der Waals surface area contributed by atoms with E-state index in [0.717, 1.165) is 35.2 Å². The number of benzene rings is 3. The van der Waals surface area contributed by atoms with Gasteiger partial charge < -0.3 is 14.6 Å². The predicted octanol–water partition coefficient (Wildman–Crippen LogP) is 4.04. The molecule has 1 aromatic heterocycles. The minimum absolute atomic E-state index is 0.127. The molecule has 0 fully saturated rings. The first kappa shape index (κ1) is 22.4. The van der Waals surface area contributed by atoms with Crippen molar-refractivity contribution in [2.75, 3.05) is 14.2 Å². The lowest BCUT2D eigenvalue weighted by Gasteiger charge is -2.31. The number of phenols is 1. The van der Waals surface area contributed by atoms with E-state index >= 15 is 0 Å². The Labute approximate surface area is 211 Å². The molecule has 0 radical (unpaired) electrons. The molecule has 0 spiro atoms. The van der Waals surface area contributed by atoms with Crippen molar-refractivity contribution in [2.45, 2.75) is 18.9 Å². The van der Waals surface area contributed by atoms with Crippen molar-refractivity contribution in [3.05, 3.63) is 114 Å². The van der Waals surface area contributed by atoms with Gasteiger partial charge in [0.25, 0.3) is 5.56 Å². The van der Waals surface area contributed by atoms with Gasteiger partial charge in [0, 0.05) is 16.7 Å². The number of thiazole rings is 1. The zero-order valence-corrected chi connectivity index (χ0v) is 20.7. The topological polar surface area (TPSA) is 73.0 Å². The molecule has 1 aliphatic heterocycles. The molecular formula is C29H24N2O4S. The third kappa shape index (κ3) is 3.46. The van der Waals surface area contributed by atoms with Crippen LogP contribution in [0.15, 0.2) is 82.1 Å². The number of ether oxygens (including phenoxy) is 2. The molecule has 0 saturated heterocycles. The Bertz CT molecular complexity index is 1710. The van der Waals surface area contributed by atoms with Gasteiger partial charge in [-0.15, -0.1) is 0 Å². The van der Waals surface area contributed by atoms with Gasteiger partial charge in [0.2, 0.25) is 0 Å². The molecule has 1 N–H and O–H groups in total. The number of methoxy groups -OCH3 is 2. The van der Waals surface area contributed by atoms with Crippen LogP contribution in [0.4, 0.5) is 0 Å². The number of aromatic hydroxyl groups is 1. The zero-order chi connectivity index (χ0) is 24.8. The van der Waals surface area contributed by atoms with Crippen molar-refractivity contribution >= 4 is 23.1 Å². The molecule has 1 atom stereocenters. The molecule has 0 amide bonds. The van der Waals surface area contributed by atoms with Gasteiger partial charge in [0.15, 0.2) is 16.3 Å². The summed E-state index contributed by atoms with van der Waals surface area (Å²) < 4.78 is 13.7. The zero-order valence-electron chi connectivity index (χ0n) is 19.9. The summed E-state index contributed by atoms with van der Waals surface area (Å²) in [5.74, 6) is 1.34. The Balaban J connectivity index is 1.67. The number of hydrogen-bond donors (Lipinski definition) is 1. The second-order valence-corrected chi connectivity index (χ2v) is 9.76. The van der Waals surface area contributed by atoms with Crippen LogP contribution < -0.4 is 24.4 Å². The normalized spacial score (nSPS) is 16.6. The second kappa shape index (κ2) is 8.84. The Kier molecular flexibility index (Phi) is 5.49. The molecule has 6 rings (SSSR count). The number of phenolic OH excluding ortho intramolecular Hbond substituents is 1. The van der Waals surface area contributed by atoms with E-state index in [2.05, 4.69) is 18.2 Å². The highest BCUT2D eigenvalue weighted by Crippen LogP contribution is 2.45. The summed E-state index contributed by atoms with van der Waals surface area (Å²) in [7, 11) is 3.23. The lowest BCUT2D eigenvalue weighted by Crippen LogP contribution is -2.39. The third-order valence-corrected chi connectivity index (χ3v) is 7.81. The smallest absolute Gasteiger partial charge is 0.271 e. The van der Waals surface area contributed by atoms with Crippen LogP contribution in [-0.2, 0) is 6.42 Å². The van der Waals surface area contributed by atoms with Crippen LogP contribution >= 0.6 is 11.3 Å². The quantitative estimate of drug-likeness (QED) is 0.463. The van der Waals surface area contributed by atoms with E-state index in [9.17, 15) is 9.90 Å². The average molecular weight is 497 g/mol. The molecule has 0 saturated carbocycles. The predicted molar refractivity (Wildman–Crippen MR) is 140 cm³/mol. The van der Waals surface area contributed by atoms with E-state index in [0.29, 0.717) is 26.4 Å². The number of para-hydroxylation sites is 2. The van der Waals surface area contributed by atoms with Crippen LogP contribution in [0.2, 0.25) is 0 Å². The van der Waals surface area contributed by atoms with Crippen molar-refractivity contribution in [1.82, 2.24) is 4.57 Å². The number of rotatable bonds is 4. The standard InChI is InChI=1S/C29H24N2O4S/c1-34-23-13-7-11-21(27(23)35-2)26-20-15-14-17-8-3-5-10-19(17)25(20)30-29-31(26)28(33)24(36-29)16-18-9-4-6-12-22(18)32/h3-13,16,26,32H,14-15H2,1-2H3/b24-16-/t26-/m0/s1. The molecular weight excluding hydrogens is 472 g/mol. The summed E-state index contributed by atoms with van der Waals surface area (Å²) in [5, 5.41) is 10.3. The first-order chi connectivity index (χ1) is 17.6. The van der Waals surface area contributed by atoms with Gasteiger partial charge in [-0.3, -0.25) is 9.36 Å².